The van der Waals surface area contributed by atoms with Gasteiger partial charge in [-0.2, -0.15) is 0 Å². The minimum absolute atomic E-state index is 0.581. The van der Waals surface area contributed by atoms with Crippen molar-refractivity contribution in [1.82, 2.24) is 19.9 Å². The maximum atomic E-state index is 7.11. The van der Waals surface area contributed by atoms with Crippen LogP contribution in [0.25, 0.3) is 15.9 Å². The van der Waals surface area contributed by atoms with Crippen molar-refractivity contribution in [2.75, 3.05) is 5.32 Å². The van der Waals surface area contributed by atoms with Gasteiger partial charge in [-0.25, -0.2) is 19.8 Å². The van der Waals surface area contributed by atoms with E-state index in [1.807, 2.05) is 49.4 Å². The fourth-order valence-electron chi connectivity index (χ4n) is 2.84. The average molecular weight is 340 g/mol. The second kappa shape index (κ2) is 6.65. The van der Waals surface area contributed by atoms with Crippen LogP contribution in [0.3, 0.4) is 0 Å². The first-order valence-corrected chi connectivity index (χ1v) is 8.21. The molecule has 0 atom stereocenters. The van der Waals surface area contributed by atoms with Gasteiger partial charge < -0.3 is 10.3 Å². The summed E-state index contributed by atoms with van der Waals surface area (Å²) in [5.41, 5.74) is 4.50. The van der Waals surface area contributed by atoms with Crippen LogP contribution < -0.4 is 5.32 Å². The molecule has 0 fully saturated rings. The Morgan fingerprint density at radius 1 is 1.12 bits per heavy atom. The van der Waals surface area contributed by atoms with Gasteiger partial charge >= 0.3 is 0 Å². The van der Waals surface area contributed by atoms with E-state index in [-0.39, 0.29) is 0 Å². The van der Waals surface area contributed by atoms with Gasteiger partial charge in [-0.3, -0.25) is 0 Å². The lowest BCUT2D eigenvalue weighted by molar-refractivity contribution is 0.972. The minimum atomic E-state index is 0.581. The van der Waals surface area contributed by atoms with Crippen molar-refractivity contribution < 1.29 is 0 Å². The third kappa shape index (κ3) is 3.37. The van der Waals surface area contributed by atoms with Gasteiger partial charge in [-0.15, -0.1) is 0 Å². The van der Waals surface area contributed by atoms with Crippen molar-refractivity contribution in [3.63, 3.8) is 0 Å². The number of H-pyrrole nitrogens is 1. The first kappa shape index (κ1) is 15.8. The molecule has 2 aromatic carbocycles. The predicted octanol–water partition coefficient (Wildman–Crippen LogP) is 4.55. The molecule has 0 amide bonds. The van der Waals surface area contributed by atoms with Crippen LogP contribution in [-0.2, 0) is 6.42 Å². The fourth-order valence-corrected chi connectivity index (χ4v) is 2.84. The second-order valence-corrected chi connectivity index (χ2v) is 6.00. The molecule has 0 saturated carbocycles. The SMILES string of the molecule is [C-]#[N+]c1cccc(Cc2nccc(Nc3ccc4nc(C)[nH]c4c3)n2)c1. The number of imidazole rings is 1. The molecule has 0 aliphatic rings. The molecule has 0 aliphatic carbocycles. The molecule has 0 spiro atoms. The molecule has 126 valence electrons. The van der Waals surface area contributed by atoms with E-state index in [9.17, 15) is 0 Å². The Bertz CT molecular complexity index is 1120. The Hall–Kier alpha value is -3.72. The van der Waals surface area contributed by atoms with Crippen molar-refractivity contribution in [3.05, 3.63) is 83.4 Å². The monoisotopic (exact) mass is 340 g/mol. The van der Waals surface area contributed by atoms with E-state index >= 15 is 0 Å². The summed E-state index contributed by atoms with van der Waals surface area (Å²) in [6, 6.07) is 15.3. The van der Waals surface area contributed by atoms with Crippen molar-refractivity contribution >= 4 is 28.2 Å². The maximum absolute atomic E-state index is 7.11. The molecular weight excluding hydrogens is 324 g/mol. The summed E-state index contributed by atoms with van der Waals surface area (Å²) < 4.78 is 0. The van der Waals surface area contributed by atoms with Gasteiger partial charge in [-0.05, 0) is 31.2 Å². The molecule has 4 rings (SSSR count). The number of hydrogen-bond donors (Lipinski definition) is 2. The Balaban J connectivity index is 1.55. The lowest BCUT2D eigenvalue weighted by Crippen LogP contribution is -2.00. The van der Waals surface area contributed by atoms with Crippen LogP contribution in [0.4, 0.5) is 17.2 Å². The van der Waals surface area contributed by atoms with E-state index < -0.39 is 0 Å². The van der Waals surface area contributed by atoms with Crippen LogP contribution in [0, 0.1) is 13.5 Å². The largest absolute Gasteiger partial charge is 0.342 e. The van der Waals surface area contributed by atoms with Crippen LogP contribution in [0.1, 0.15) is 17.2 Å². The summed E-state index contributed by atoms with van der Waals surface area (Å²) >= 11 is 0. The van der Waals surface area contributed by atoms with Crippen molar-refractivity contribution in [2.24, 2.45) is 0 Å². The standard InChI is InChI=1S/C20H16N6/c1-13-23-17-7-6-16(12-18(17)24-13)25-19-8-9-22-20(26-19)11-14-4-3-5-15(10-14)21-2/h3-10,12H,11H2,1H3,(H,23,24)(H,22,25,26). The highest BCUT2D eigenvalue weighted by Gasteiger charge is 2.05. The molecule has 6 nitrogen and oxygen atoms in total. The highest BCUT2D eigenvalue weighted by atomic mass is 15.0. The van der Waals surface area contributed by atoms with Crippen LogP contribution in [0.15, 0.2) is 54.7 Å². The first-order chi connectivity index (χ1) is 12.7. The molecule has 6 heteroatoms. The highest BCUT2D eigenvalue weighted by Crippen LogP contribution is 2.21. The van der Waals surface area contributed by atoms with Crippen molar-refractivity contribution in [2.45, 2.75) is 13.3 Å². The third-order valence-corrected chi connectivity index (χ3v) is 3.98. The van der Waals surface area contributed by atoms with E-state index in [1.165, 1.54) is 0 Å². The zero-order valence-corrected chi connectivity index (χ0v) is 14.2. The Morgan fingerprint density at radius 3 is 2.92 bits per heavy atom. The number of fused-ring (bicyclic) bond motifs is 1. The molecule has 0 saturated heterocycles. The number of aromatic amines is 1. The molecule has 2 aromatic heterocycles. The van der Waals surface area contributed by atoms with Gasteiger partial charge in [0.25, 0.3) is 0 Å². The molecule has 2 heterocycles. The molecule has 0 bridgehead atoms. The van der Waals surface area contributed by atoms with Gasteiger partial charge in [0.1, 0.15) is 17.5 Å². The number of rotatable bonds is 4. The zero-order valence-electron chi connectivity index (χ0n) is 14.2. The summed E-state index contributed by atoms with van der Waals surface area (Å²) in [6.45, 7) is 9.05. The van der Waals surface area contributed by atoms with Crippen molar-refractivity contribution in [1.29, 1.82) is 0 Å². The molecule has 2 N–H and O–H groups in total. The molecule has 0 aliphatic heterocycles. The van der Waals surface area contributed by atoms with Gasteiger partial charge in [0.2, 0.25) is 0 Å². The minimum Gasteiger partial charge on any atom is -0.342 e. The summed E-state index contributed by atoms with van der Waals surface area (Å²) in [4.78, 5) is 20.0. The van der Waals surface area contributed by atoms with Gasteiger partial charge in [0.05, 0.1) is 17.6 Å². The Kier molecular flexibility index (Phi) is 4.04. The van der Waals surface area contributed by atoms with E-state index in [0.29, 0.717) is 17.9 Å². The van der Waals surface area contributed by atoms with Crippen LogP contribution >= 0.6 is 0 Å². The van der Waals surface area contributed by atoms with E-state index in [4.69, 9.17) is 6.57 Å². The topological polar surface area (TPSA) is 70.8 Å². The number of aryl methyl sites for hydroxylation is 1. The maximum Gasteiger partial charge on any atom is 0.187 e. The summed E-state index contributed by atoms with van der Waals surface area (Å²) in [5.74, 6) is 2.32. The number of hydrogen-bond acceptors (Lipinski definition) is 4. The molecular formula is C20H16N6. The second-order valence-electron chi connectivity index (χ2n) is 6.00. The Morgan fingerprint density at radius 2 is 2.04 bits per heavy atom. The van der Waals surface area contributed by atoms with Crippen molar-refractivity contribution in [3.8, 4) is 0 Å². The van der Waals surface area contributed by atoms with Gasteiger partial charge in [-0.1, -0.05) is 29.8 Å². The zero-order chi connectivity index (χ0) is 17.9. The van der Waals surface area contributed by atoms with E-state index in [2.05, 4.69) is 30.1 Å². The Labute approximate surface area is 150 Å². The number of nitrogens with one attached hydrogen (secondary N) is 2. The fraction of sp³-hybridized carbons (Fsp3) is 0.100. The number of anilines is 2. The van der Waals surface area contributed by atoms with Crippen LogP contribution in [-0.4, -0.2) is 19.9 Å². The van der Waals surface area contributed by atoms with E-state index in [1.54, 1.807) is 12.3 Å². The summed E-state index contributed by atoms with van der Waals surface area (Å²) in [7, 11) is 0. The molecule has 26 heavy (non-hydrogen) atoms. The predicted molar refractivity (Wildman–Crippen MR) is 102 cm³/mol. The average Bonchev–Trinajstić information content (AvgIpc) is 3.01. The summed E-state index contributed by atoms with van der Waals surface area (Å²) in [6.07, 6.45) is 2.32. The number of benzene rings is 2. The third-order valence-electron chi connectivity index (χ3n) is 3.98. The quantitative estimate of drug-likeness (QED) is 0.535. The summed E-state index contributed by atoms with van der Waals surface area (Å²) in [5, 5.41) is 3.31. The normalized spacial score (nSPS) is 10.6. The van der Waals surface area contributed by atoms with Crippen LogP contribution in [0.5, 0.6) is 0 Å². The lowest BCUT2D eigenvalue weighted by Gasteiger charge is -2.07. The van der Waals surface area contributed by atoms with Crippen LogP contribution in [0.2, 0.25) is 0 Å². The first-order valence-electron chi connectivity index (χ1n) is 8.21. The lowest BCUT2D eigenvalue weighted by atomic mass is 10.1. The molecule has 0 unspecified atom stereocenters. The molecule has 0 radical (unpaired) electrons. The van der Waals surface area contributed by atoms with Gasteiger partial charge in [0.15, 0.2) is 5.69 Å². The van der Waals surface area contributed by atoms with E-state index in [0.717, 1.165) is 33.9 Å². The number of aromatic nitrogens is 4. The molecule has 4 aromatic rings. The van der Waals surface area contributed by atoms with Gasteiger partial charge in [0, 0.05) is 18.3 Å². The highest BCUT2D eigenvalue weighted by molar-refractivity contribution is 5.80. The number of nitrogens with zero attached hydrogens (tertiary/aromatic N) is 4. The smallest absolute Gasteiger partial charge is 0.187 e.